The highest BCUT2D eigenvalue weighted by Gasteiger charge is 2.58. The monoisotopic (exact) mass is 808 g/mol. The number of carbonyl (C=O) groups excluding carboxylic acids is 9. The molecule has 0 bridgehead atoms. The number of carbonyl (C=O) groups is 9. The van der Waals surface area contributed by atoms with Crippen molar-refractivity contribution in [2.45, 2.75) is 110 Å². The van der Waals surface area contributed by atoms with E-state index in [1.807, 2.05) is 0 Å². The standard InChI is InChI=1S/C36H40O21/c1-14(37)47-12-25-29(49-16(3)39)31(50-17(4)40)34(53-20(7)43)36(56-25)57-30-26(13-48-15(2)38)55-35(33(52-19(6)42)32(30)51-18(5)41)54-24-11-23(45)21-9-8-10-22(44)27(21)28(24)46/h8-11,25-26,29-36,44H,12-13H2,1-7H3/t25-,26-,29-,30-,31+,32+,33-,34-,35-,36-/m1/s1. The number of phenols is 1. The van der Waals surface area contributed by atoms with Crippen LogP contribution in [-0.4, -0.2) is 133 Å². The van der Waals surface area contributed by atoms with Crippen molar-refractivity contribution < 1.29 is 100 Å². The summed E-state index contributed by atoms with van der Waals surface area (Å²) in [5, 5.41) is 10.4. The van der Waals surface area contributed by atoms with Crippen molar-refractivity contribution in [2.24, 2.45) is 0 Å². The molecule has 1 N–H and O–H groups in total. The number of hydrogen-bond donors (Lipinski definition) is 1. The number of benzene rings is 1. The van der Waals surface area contributed by atoms with Crippen molar-refractivity contribution in [2.75, 3.05) is 13.2 Å². The van der Waals surface area contributed by atoms with Crippen LogP contribution in [-0.2, 0) is 85.7 Å². The second-order valence-corrected chi connectivity index (χ2v) is 12.7. The number of rotatable bonds is 13. The number of hydrogen-bond acceptors (Lipinski definition) is 21. The fourth-order valence-electron chi connectivity index (χ4n) is 6.15. The molecule has 2 fully saturated rings. The normalized spacial score (nSPS) is 28.0. The second kappa shape index (κ2) is 18.8. The first kappa shape index (κ1) is 43.8. The molecule has 0 saturated carbocycles. The third-order valence-electron chi connectivity index (χ3n) is 8.15. The lowest BCUT2D eigenvalue weighted by Gasteiger charge is -2.48. The molecule has 2 heterocycles. The summed E-state index contributed by atoms with van der Waals surface area (Å²) in [6.45, 7) is 5.64. The minimum atomic E-state index is -1.94. The lowest BCUT2D eigenvalue weighted by Crippen LogP contribution is -2.67. The second-order valence-electron chi connectivity index (χ2n) is 12.7. The first-order chi connectivity index (χ1) is 26.8. The molecule has 1 aromatic carbocycles. The van der Waals surface area contributed by atoms with Crippen LogP contribution in [0.15, 0.2) is 30.0 Å². The van der Waals surface area contributed by atoms with Crippen molar-refractivity contribution >= 4 is 53.4 Å². The van der Waals surface area contributed by atoms with Crippen molar-refractivity contribution in [3.05, 3.63) is 41.2 Å². The molecule has 2 aliphatic heterocycles. The summed E-state index contributed by atoms with van der Waals surface area (Å²) < 4.78 is 61.8. The largest absolute Gasteiger partial charge is 0.507 e. The van der Waals surface area contributed by atoms with Gasteiger partial charge in [-0.1, -0.05) is 12.1 Å². The molecule has 4 rings (SSSR count). The Balaban J connectivity index is 1.83. The molecule has 0 unspecified atom stereocenters. The number of ether oxygens (including phenoxy) is 11. The van der Waals surface area contributed by atoms with E-state index in [1.165, 1.54) is 12.1 Å². The molecule has 21 heteroatoms. The van der Waals surface area contributed by atoms with Gasteiger partial charge in [-0.25, -0.2) is 0 Å². The topological polar surface area (TPSA) is 275 Å². The molecule has 57 heavy (non-hydrogen) atoms. The molecule has 1 aliphatic carbocycles. The molecule has 310 valence electrons. The summed E-state index contributed by atoms with van der Waals surface area (Å²) in [4.78, 5) is 113. The zero-order valence-electron chi connectivity index (χ0n) is 31.6. The van der Waals surface area contributed by atoms with Crippen LogP contribution in [0.3, 0.4) is 0 Å². The van der Waals surface area contributed by atoms with Crippen LogP contribution < -0.4 is 0 Å². The van der Waals surface area contributed by atoms with Crippen molar-refractivity contribution in [3.63, 3.8) is 0 Å². The van der Waals surface area contributed by atoms with E-state index in [0.717, 1.165) is 60.6 Å². The smallest absolute Gasteiger partial charge is 0.303 e. The van der Waals surface area contributed by atoms with Gasteiger partial charge in [-0.15, -0.1) is 0 Å². The fourth-order valence-corrected chi connectivity index (χ4v) is 6.15. The van der Waals surface area contributed by atoms with Crippen LogP contribution in [0, 0.1) is 0 Å². The van der Waals surface area contributed by atoms with E-state index in [-0.39, 0.29) is 5.56 Å². The van der Waals surface area contributed by atoms with Crippen molar-refractivity contribution in [3.8, 4) is 5.75 Å². The Morgan fingerprint density at radius 2 is 1.02 bits per heavy atom. The van der Waals surface area contributed by atoms with Gasteiger partial charge < -0.3 is 57.2 Å². The van der Waals surface area contributed by atoms with E-state index in [4.69, 9.17) is 52.1 Å². The number of phenolic OH excluding ortho intramolecular Hbond substituents is 1. The number of allylic oxidation sites excluding steroid dienone is 2. The van der Waals surface area contributed by atoms with Gasteiger partial charge in [0.1, 0.15) is 37.3 Å². The Kier molecular flexibility index (Phi) is 14.4. The molecule has 0 spiro atoms. The van der Waals surface area contributed by atoms with Crippen molar-refractivity contribution in [1.29, 1.82) is 0 Å². The van der Waals surface area contributed by atoms with Crippen LogP contribution in [0.1, 0.15) is 69.2 Å². The number of ketones is 2. The van der Waals surface area contributed by atoms with E-state index < -0.39 is 145 Å². The molecule has 0 aromatic heterocycles. The summed E-state index contributed by atoms with van der Waals surface area (Å²) in [7, 11) is 0. The fraction of sp³-hybridized carbons (Fsp3) is 0.528. The molecule has 21 nitrogen and oxygen atoms in total. The van der Waals surface area contributed by atoms with E-state index in [2.05, 4.69) is 0 Å². The predicted molar refractivity (Wildman–Crippen MR) is 179 cm³/mol. The SMILES string of the molecule is CC(=O)OC[C@H]1O[C@H](O[C@H]2[C@H](OC(C)=O)[C@@H](OC(C)=O)[C@H](OC3=CC(=O)c4cccc(O)c4C3=O)O[C@@H]2COC(C)=O)[C@H](OC(C)=O)[C@@H](OC(C)=O)[C@@H]1OC(C)=O. The Bertz CT molecular complexity index is 1820. The molecule has 2 saturated heterocycles. The maximum absolute atomic E-state index is 13.5. The van der Waals surface area contributed by atoms with Crippen LogP contribution >= 0.6 is 0 Å². The summed E-state index contributed by atoms with van der Waals surface area (Å²) in [5.41, 5.74) is -0.546. The Hall–Kier alpha value is -5.93. The van der Waals surface area contributed by atoms with E-state index >= 15 is 0 Å². The van der Waals surface area contributed by atoms with E-state index in [1.54, 1.807) is 0 Å². The zero-order chi connectivity index (χ0) is 42.3. The summed E-state index contributed by atoms with van der Waals surface area (Å²) in [5.74, 6) is -9.51. The zero-order valence-corrected chi connectivity index (χ0v) is 31.6. The van der Waals surface area contributed by atoms with Crippen LogP contribution in [0.25, 0.3) is 0 Å². The molecular formula is C36H40O21. The Labute approximate surface area is 323 Å². The minimum absolute atomic E-state index is 0.141. The highest BCUT2D eigenvalue weighted by atomic mass is 16.8. The lowest BCUT2D eigenvalue weighted by atomic mass is 9.92. The molecule has 3 aliphatic rings. The minimum Gasteiger partial charge on any atom is -0.507 e. The first-order valence-electron chi connectivity index (χ1n) is 17.2. The number of Topliss-reactive ketones (excluding diaryl/α,β-unsaturated/α-hetero) is 1. The summed E-state index contributed by atoms with van der Waals surface area (Å²) >= 11 is 0. The molecule has 1 aromatic rings. The first-order valence-corrected chi connectivity index (χ1v) is 17.2. The highest BCUT2D eigenvalue weighted by Crippen LogP contribution is 2.37. The molecule has 0 radical (unpaired) electrons. The third-order valence-corrected chi connectivity index (χ3v) is 8.15. The van der Waals surface area contributed by atoms with Crippen LogP contribution in [0.2, 0.25) is 0 Å². The van der Waals surface area contributed by atoms with Gasteiger partial charge in [0.2, 0.25) is 18.2 Å². The number of esters is 7. The molecule has 0 amide bonds. The van der Waals surface area contributed by atoms with Gasteiger partial charge in [-0.3, -0.25) is 43.2 Å². The van der Waals surface area contributed by atoms with Crippen LogP contribution in [0.4, 0.5) is 0 Å². The quantitative estimate of drug-likeness (QED) is 0.207. The average molecular weight is 809 g/mol. The van der Waals surface area contributed by atoms with Gasteiger partial charge in [0.05, 0.1) is 5.56 Å². The maximum atomic E-state index is 13.5. The van der Waals surface area contributed by atoms with Gasteiger partial charge in [0.15, 0.2) is 42.2 Å². The highest BCUT2D eigenvalue weighted by molar-refractivity contribution is 6.24. The van der Waals surface area contributed by atoms with Gasteiger partial charge >= 0.3 is 41.8 Å². The van der Waals surface area contributed by atoms with Crippen molar-refractivity contribution in [1.82, 2.24) is 0 Å². The van der Waals surface area contributed by atoms with E-state index in [9.17, 15) is 48.3 Å². The van der Waals surface area contributed by atoms with Crippen LogP contribution in [0.5, 0.6) is 5.75 Å². The summed E-state index contributed by atoms with van der Waals surface area (Å²) in [6.07, 6.45) is -16.8. The average Bonchev–Trinajstić information content (AvgIpc) is 3.09. The van der Waals surface area contributed by atoms with E-state index in [0.29, 0.717) is 0 Å². The lowest BCUT2D eigenvalue weighted by molar-refractivity contribution is -0.358. The Morgan fingerprint density at radius 1 is 0.579 bits per heavy atom. The number of fused-ring (bicyclic) bond motifs is 1. The summed E-state index contributed by atoms with van der Waals surface area (Å²) in [6, 6.07) is 3.80. The third kappa shape index (κ3) is 11.1. The van der Waals surface area contributed by atoms with Gasteiger partial charge in [0, 0.05) is 60.1 Å². The predicted octanol–water partition coefficient (Wildman–Crippen LogP) is 0.291. The number of aromatic hydroxyl groups is 1. The molecular weight excluding hydrogens is 768 g/mol. The van der Waals surface area contributed by atoms with Gasteiger partial charge in [-0.2, -0.15) is 0 Å². The maximum Gasteiger partial charge on any atom is 0.303 e. The Morgan fingerprint density at radius 3 is 1.53 bits per heavy atom. The van der Waals surface area contributed by atoms with Gasteiger partial charge in [0.25, 0.3) is 0 Å². The van der Waals surface area contributed by atoms with Gasteiger partial charge in [-0.05, 0) is 6.07 Å². The molecule has 10 atom stereocenters.